The van der Waals surface area contributed by atoms with Gasteiger partial charge in [-0.1, -0.05) is 213 Å². The van der Waals surface area contributed by atoms with Gasteiger partial charge >= 0.3 is 47.9 Å². The number of unbranched alkanes of at least 4 members (excludes halogenated alkanes) is 6. The van der Waals surface area contributed by atoms with Crippen LogP contribution in [0.4, 0.5) is 0 Å². The predicted molar refractivity (Wildman–Crippen MR) is 540 cm³/mol. The highest BCUT2D eigenvalue weighted by Crippen LogP contribution is 2.62. The lowest BCUT2D eigenvalue weighted by molar-refractivity contribution is -0.191. The first-order valence-corrected chi connectivity index (χ1v) is 45.9. The third kappa shape index (κ3) is 24.0. The number of carboxylic acid groups (broad SMARTS) is 7. The highest BCUT2D eigenvalue weighted by Gasteiger charge is 2.53. The van der Waals surface area contributed by atoms with E-state index in [4.69, 9.17) is 55.3 Å². The van der Waals surface area contributed by atoms with E-state index >= 15 is 0 Å². The topological polar surface area (TPSA) is 378 Å². The Morgan fingerprint density at radius 3 is 1.28 bits per heavy atom. The molecule has 0 atom stereocenters. The summed E-state index contributed by atoms with van der Waals surface area (Å²) in [6.07, 6.45) is 17.5. The molecular formula is C114H118N6O16S. The first kappa shape index (κ1) is 104. The third-order valence-electron chi connectivity index (χ3n) is 25.4. The monoisotopic (exact) mass is 1860 g/mol. The van der Waals surface area contributed by atoms with Crippen molar-refractivity contribution in [3.8, 4) is 33.6 Å². The van der Waals surface area contributed by atoms with Crippen molar-refractivity contribution in [3.63, 3.8) is 0 Å². The number of carbonyl (C=O) groups excluding carboxylic acids is 2. The number of hydrogen-bond acceptors (Lipinski definition) is 14. The number of benzene rings is 11. The standard InChI is InChI=1S/C28H38O2.C25H18N2.C17H14O2.C10H10N2O2.C9H10O2S.2C9H10O2.C6H8N2O2.CO2/c1-4-5-6-10-17-28(18-11-8-7-9-12-27(29)30)25-19-21(2)13-15-23(25)24-16-14-22(3)20-26(24)28;1-15-7-9-17-18-10-8-16(2)14-22(18)25(21(17)13-15)19-5-3-11-26-23(19)24-20(25)6-4-12-27-24;1-10-13-5-3-4-6-14(13)11(2)16-9-12(17(18)19)7-8-15(10)16;1-5-3-7(10(13)14)6(2)9-8(5)11-4-12-9;1-5-4-8(12)6(2)3-7(5)9(10)11;1-6-3-7(2)5-8(4-6)9(10)11;1-6-3-4-8(9(10)11)5-7(6)2;1-3-5(6(9)10)8-4(2)7-3;2-1-3/h13-16,19-20H,4-12,17-18H2,1-3H3,(H,29,30);3-14H,1-2H3;3-9H,1-2H3,(H,18,19);3-4H,1-2H3,(H,11,12)(H,13,14);3-4,12H,1-2H3,(H,10,11);2*3-5H,1-2H3,(H,10,11);1-2H3,(H,7,8)(H,9,10);. The molecule has 0 amide bonds. The average Bonchev–Trinajstić information content (AvgIpc) is 1.51. The molecular weight excluding hydrogens is 1740 g/mol. The molecule has 0 aliphatic heterocycles. The second kappa shape index (κ2) is 46.3. The quantitative estimate of drug-likeness (QED) is 0.0217. The van der Waals surface area contributed by atoms with Crippen molar-refractivity contribution in [1.82, 2.24) is 29.9 Å². The fourth-order valence-electron chi connectivity index (χ4n) is 18.6. The molecule has 4 aromatic heterocycles. The number of imidazole rings is 2. The molecule has 22 nitrogen and oxygen atoms in total. The molecule has 0 saturated heterocycles. The maximum absolute atomic E-state index is 11.1. The first-order chi connectivity index (χ1) is 65.1. The lowest BCUT2D eigenvalue weighted by atomic mass is 9.70. The number of hydrogen-bond donors (Lipinski definition) is 10. The Kier molecular flexibility index (Phi) is 35.1. The van der Waals surface area contributed by atoms with Gasteiger partial charge < -0.3 is 45.7 Å². The molecule has 0 bridgehead atoms. The van der Waals surface area contributed by atoms with Crippen LogP contribution in [0.1, 0.15) is 263 Å². The van der Waals surface area contributed by atoms with Crippen LogP contribution in [0.3, 0.4) is 0 Å². The number of aromatic amines is 2. The first-order valence-electron chi connectivity index (χ1n) is 45.5. The number of aromatic nitrogens is 6. The molecule has 23 heteroatoms. The number of fused-ring (bicyclic) bond motifs is 16. The van der Waals surface area contributed by atoms with Gasteiger partial charge in [-0.3, -0.25) is 14.8 Å². The second-order valence-corrected chi connectivity index (χ2v) is 35.8. The van der Waals surface area contributed by atoms with E-state index in [2.05, 4.69) is 190 Å². The van der Waals surface area contributed by atoms with E-state index in [0.29, 0.717) is 45.8 Å². The molecule has 9 N–H and O–H groups in total. The Labute approximate surface area is 803 Å². The number of aromatic carboxylic acids is 6. The van der Waals surface area contributed by atoms with Crippen LogP contribution in [0.5, 0.6) is 0 Å². The minimum atomic E-state index is -0.984. The fraction of sp³-hybridized carbons (Fsp3) is 0.263. The van der Waals surface area contributed by atoms with E-state index in [1.165, 1.54) is 133 Å². The smallest absolute Gasteiger partial charge is 0.373 e. The summed E-state index contributed by atoms with van der Waals surface area (Å²) >= 11 is 4.19. The van der Waals surface area contributed by atoms with E-state index < -0.39 is 41.8 Å². The zero-order chi connectivity index (χ0) is 100. The summed E-state index contributed by atoms with van der Waals surface area (Å²) in [5, 5.41) is 66.0. The lowest BCUT2D eigenvalue weighted by Gasteiger charge is -2.33. The number of aliphatic carboxylic acids is 1. The van der Waals surface area contributed by atoms with Crippen molar-refractivity contribution in [2.75, 3.05) is 0 Å². The number of carbonyl (C=O) groups is 7. The van der Waals surface area contributed by atoms with Crippen LogP contribution < -0.4 is 0 Å². The van der Waals surface area contributed by atoms with Gasteiger partial charge in [0.05, 0.1) is 62.0 Å². The van der Waals surface area contributed by atoms with Crippen LogP contribution in [0.2, 0.25) is 0 Å². The zero-order valence-corrected chi connectivity index (χ0v) is 81.4. The van der Waals surface area contributed by atoms with Crippen molar-refractivity contribution in [2.24, 2.45) is 0 Å². The van der Waals surface area contributed by atoms with Crippen LogP contribution in [-0.2, 0) is 25.2 Å². The zero-order valence-electron chi connectivity index (χ0n) is 80.5. The molecule has 0 radical (unpaired) electrons. The maximum Gasteiger partial charge on any atom is 0.373 e. The Hall–Kier alpha value is -15.1. The van der Waals surface area contributed by atoms with Crippen LogP contribution in [-0.4, -0.2) is 114 Å². The molecule has 18 rings (SSSR count). The molecule has 137 heavy (non-hydrogen) atoms. The second-order valence-electron chi connectivity index (χ2n) is 35.3. The van der Waals surface area contributed by atoms with Gasteiger partial charge in [0.25, 0.3) is 0 Å². The minimum absolute atomic E-state index is 0.109. The number of H-pyrrole nitrogens is 2. The Bertz CT molecular complexity index is 6940. The van der Waals surface area contributed by atoms with Crippen molar-refractivity contribution in [2.45, 2.75) is 204 Å². The largest absolute Gasteiger partial charge is 0.481 e. The molecule has 3 aliphatic carbocycles. The van der Waals surface area contributed by atoms with Gasteiger partial charge in [0.2, 0.25) is 0 Å². The number of carboxylic acids is 7. The van der Waals surface area contributed by atoms with Crippen LogP contribution in [0.25, 0.3) is 66.2 Å². The van der Waals surface area contributed by atoms with Crippen molar-refractivity contribution in [3.05, 3.63) is 369 Å². The Balaban J connectivity index is 0.000000166. The van der Waals surface area contributed by atoms with E-state index in [1.54, 1.807) is 88.6 Å². The average molecular weight is 1860 g/mol. The molecule has 0 fully saturated rings. The van der Waals surface area contributed by atoms with Gasteiger partial charge in [-0.25, -0.2) is 38.7 Å². The van der Waals surface area contributed by atoms with Crippen molar-refractivity contribution >= 4 is 93.1 Å². The summed E-state index contributed by atoms with van der Waals surface area (Å²) in [7, 11) is 0. The molecule has 706 valence electrons. The molecule has 1 spiro atoms. The molecule has 3 aliphatic rings. The summed E-state index contributed by atoms with van der Waals surface area (Å²) in [6, 6.07) is 65.3. The molecule has 11 aromatic carbocycles. The summed E-state index contributed by atoms with van der Waals surface area (Å²) in [5.41, 5.74) is 34.6. The highest BCUT2D eigenvalue weighted by molar-refractivity contribution is 7.80. The predicted octanol–water partition coefficient (Wildman–Crippen LogP) is 26.0. The third-order valence-corrected chi connectivity index (χ3v) is 25.8. The van der Waals surface area contributed by atoms with Gasteiger partial charge in [-0.05, 0) is 318 Å². The molecule has 15 aromatic rings. The normalized spacial score (nSPS) is 11.7. The van der Waals surface area contributed by atoms with Crippen LogP contribution in [0.15, 0.2) is 218 Å². The highest BCUT2D eigenvalue weighted by atomic mass is 32.1. The lowest BCUT2D eigenvalue weighted by Crippen LogP contribution is -2.26. The maximum atomic E-state index is 11.1. The Morgan fingerprint density at radius 2 is 0.825 bits per heavy atom. The summed E-state index contributed by atoms with van der Waals surface area (Å²) in [4.78, 5) is 115. The van der Waals surface area contributed by atoms with Crippen LogP contribution in [0, 0.1) is 111 Å². The van der Waals surface area contributed by atoms with Crippen molar-refractivity contribution in [1.29, 1.82) is 0 Å². The number of nitrogens with zero attached hydrogens (tertiary/aromatic N) is 4. The molecule has 4 heterocycles. The number of aryl methyl sites for hydroxylation is 16. The van der Waals surface area contributed by atoms with Gasteiger partial charge in [-0.15, -0.1) is 12.6 Å². The number of thiol groups is 1. The van der Waals surface area contributed by atoms with Crippen molar-refractivity contribution < 1.29 is 78.9 Å². The summed E-state index contributed by atoms with van der Waals surface area (Å²) in [6.45, 7) is 33.5. The number of pyridine rings is 2. The van der Waals surface area contributed by atoms with E-state index in [9.17, 15) is 33.6 Å². The summed E-state index contributed by atoms with van der Waals surface area (Å²) in [5.74, 6) is -5.42. The molecule has 0 saturated carbocycles. The molecule has 0 unspecified atom stereocenters. The van der Waals surface area contributed by atoms with Crippen LogP contribution >= 0.6 is 12.6 Å². The Morgan fingerprint density at radius 1 is 0.372 bits per heavy atom. The van der Waals surface area contributed by atoms with Gasteiger partial charge in [0.15, 0.2) is 5.69 Å². The van der Waals surface area contributed by atoms with E-state index in [1.807, 2.05) is 84.3 Å². The van der Waals surface area contributed by atoms with Gasteiger partial charge in [0.1, 0.15) is 5.82 Å². The summed E-state index contributed by atoms with van der Waals surface area (Å²) < 4.78 is 0. The van der Waals surface area contributed by atoms with E-state index in [-0.39, 0.29) is 22.7 Å². The fourth-order valence-corrected chi connectivity index (χ4v) is 18.8. The number of nitrogens with one attached hydrogen (secondary N) is 2. The minimum Gasteiger partial charge on any atom is -0.481 e. The SMILES string of the molecule is CCCCCCC1(CCCCCCC(=O)O)c2cc(C)ccc2-c2ccc(C)cc21.Cc1c2ccccc2c(C)c2cc(C(=O)O)ccc12.Cc1cc(C(=O)O)c(C)c2[nH]cnc12.Cc1cc(C(=O)O)c(C)cc1S.Cc1cc(C)cc(C(=O)O)c1.Cc1ccc(C(=O)O)cc1C.Cc1ccc2c(c1)C1(c3cc(C)ccc3-2)c2cccnc2-c2ncccc21.Cc1nc(C(=O)O)c(C)[nH]1.O=C=O. The number of rotatable bonds is 18. The van der Waals surface area contributed by atoms with Gasteiger partial charge in [-0.2, -0.15) is 9.59 Å². The van der Waals surface area contributed by atoms with E-state index in [0.717, 1.165) is 114 Å². The van der Waals surface area contributed by atoms with Gasteiger partial charge in [0, 0.05) is 34.8 Å².